The zero-order valence-electron chi connectivity index (χ0n) is 18.6. The number of halogens is 1. The minimum absolute atomic E-state index is 0.0612. The second kappa shape index (κ2) is 8.81. The van der Waals surface area contributed by atoms with Gasteiger partial charge in [-0.3, -0.25) is 9.69 Å². The van der Waals surface area contributed by atoms with Crippen LogP contribution >= 0.6 is 22.9 Å². The van der Waals surface area contributed by atoms with E-state index >= 15 is 0 Å². The van der Waals surface area contributed by atoms with Crippen LogP contribution in [0.4, 0.5) is 5.13 Å². The lowest BCUT2D eigenvalue weighted by Crippen LogP contribution is -2.31. The van der Waals surface area contributed by atoms with Crippen molar-refractivity contribution in [2.75, 3.05) is 11.9 Å². The van der Waals surface area contributed by atoms with Crippen molar-refractivity contribution in [2.45, 2.75) is 37.2 Å². The number of fused-ring (bicyclic) bond motifs is 1. The largest absolute Gasteiger partial charge is 0.467 e. The molecule has 2 heterocycles. The van der Waals surface area contributed by atoms with Gasteiger partial charge < -0.3 is 4.42 Å². The number of amides is 1. The first-order chi connectivity index (χ1) is 16.3. The number of furan rings is 1. The molecule has 34 heavy (non-hydrogen) atoms. The number of thiazole rings is 1. The Bertz CT molecular complexity index is 1460. The monoisotopic (exact) mass is 515 g/mol. The summed E-state index contributed by atoms with van der Waals surface area (Å²) >= 11 is 7.65. The summed E-state index contributed by atoms with van der Waals surface area (Å²) < 4.78 is 33.4. The number of hydrogen-bond donors (Lipinski definition) is 0. The van der Waals surface area contributed by atoms with Crippen LogP contribution in [0.15, 0.2) is 64.1 Å². The molecule has 176 valence electrons. The number of carbonyl (C=O) groups excluding carboxylic acids is 1. The summed E-state index contributed by atoms with van der Waals surface area (Å²) in [6, 6.07) is 13.4. The highest BCUT2D eigenvalue weighted by molar-refractivity contribution is 7.89. The molecule has 0 bridgehead atoms. The van der Waals surface area contributed by atoms with E-state index in [0.717, 1.165) is 28.6 Å². The van der Waals surface area contributed by atoms with Gasteiger partial charge in [-0.05, 0) is 73.9 Å². The third kappa shape index (κ3) is 4.24. The predicted octanol–water partition coefficient (Wildman–Crippen LogP) is 5.48. The Labute approximate surface area is 206 Å². The van der Waals surface area contributed by atoms with Gasteiger partial charge >= 0.3 is 0 Å². The maximum Gasteiger partial charge on any atom is 0.260 e. The number of anilines is 1. The fourth-order valence-electron chi connectivity index (χ4n) is 3.71. The number of sulfonamides is 1. The molecule has 2 aromatic heterocycles. The molecule has 1 aliphatic rings. The molecule has 0 aliphatic heterocycles. The standard InChI is InChI=1S/C24H22ClN3O4S2/c1-15-20(25)11-12-21-22(15)26-24(33-21)28(14-18-4-3-13-32-18)23(29)16-5-9-19(10-6-16)34(30,31)27(2)17-7-8-17/h3-6,9-13,17H,7-8,14H2,1-2H3. The van der Waals surface area contributed by atoms with Crippen molar-refractivity contribution in [3.05, 3.63) is 76.7 Å². The lowest BCUT2D eigenvalue weighted by Gasteiger charge is -2.19. The van der Waals surface area contributed by atoms with Crippen LogP contribution in [0, 0.1) is 6.92 Å². The topological polar surface area (TPSA) is 83.7 Å². The van der Waals surface area contributed by atoms with Crippen molar-refractivity contribution in [3.8, 4) is 0 Å². The maximum absolute atomic E-state index is 13.6. The van der Waals surface area contributed by atoms with Gasteiger partial charge in [0.1, 0.15) is 5.76 Å². The molecule has 7 nitrogen and oxygen atoms in total. The predicted molar refractivity (Wildman–Crippen MR) is 133 cm³/mol. The van der Waals surface area contributed by atoms with Crippen molar-refractivity contribution in [1.82, 2.24) is 9.29 Å². The molecule has 4 aromatic rings. The first-order valence-corrected chi connectivity index (χ1v) is 13.4. The van der Waals surface area contributed by atoms with Crippen LogP contribution in [0.25, 0.3) is 10.2 Å². The van der Waals surface area contributed by atoms with E-state index in [1.165, 1.54) is 32.7 Å². The van der Waals surface area contributed by atoms with Gasteiger partial charge in [-0.1, -0.05) is 22.9 Å². The summed E-state index contributed by atoms with van der Waals surface area (Å²) in [5.41, 5.74) is 1.95. The van der Waals surface area contributed by atoms with Gasteiger partial charge in [-0.25, -0.2) is 13.4 Å². The highest BCUT2D eigenvalue weighted by Gasteiger charge is 2.35. The highest BCUT2D eigenvalue weighted by Crippen LogP contribution is 2.35. The number of aryl methyl sites for hydroxylation is 1. The van der Waals surface area contributed by atoms with Gasteiger partial charge in [-0.15, -0.1) is 0 Å². The summed E-state index contributed by atoms with van der Waals surface area (Å²) in [6.07, 6.45) is 3.30. The van der Waals surface area contributed by atoms with Crippen molar-refractivity contribution in [3.63, 3.8) is 0 Å². The Balaban J connectivity index is 1.49. The van der Waals surface area contributed by atoms with E-state index in [-0.39, 0.29) is 23.4 Å². The maximum atomic E-state index is 13.6. The summed E-state index contributed by atoms with van der Waals surface area (Å²) in [5, 5.41) is 1.12. The molecule has 1 aliphatic carbocycles. The minimum Gasteiger partial charge on any atom is -0.467 e. The molecule has 0 saturated heterocycles. The molecule has 0 unspecified atom stereocenters. The minimum atomic E-state index is -3.59. The first kappa shape index (κ1) is 23.0. The Hall–Kier alpha value is -2.72. The molecule has 1 fully saturated rings. The fraction of sp³-hybridized carbons (Fsp3) is 0.250. The molecular formula is C24H22ClN3O4S2. The van der Waals surface area contributed by atoms with E-state index in [0.29, 0.717) is 21.5 Å². The number of benzene rings is 2. The van der Waals surface area contributed by atoms with E-state index in [1.54, 1.807) is 37.6 Å². The lowest BCUT2D eigenvalue weighted by molar-refractivity contribution is 0.0983. The molecule has 5 rings (SSSR count). The molecule has 1 amide bonds. The SMILES string of the molecule is Cc1c(Cl)ccc2sc(N(Cc3ccco3)C(=O)c3ccc(S(=O)(=O)N(C)C4CC4)cc3)nc12. The zero-order valence-corrected chi connectivity index (χ0v) is 21.0. The number of aromatic nitrogens is 1. The normalized spacial score (nSPS) is 14.1. The van der Waals surface area contributed by atoms with Crippen LogP contribution < -0.4 is 4.90 Å². The van der Waals surface area contributed by atoms with Crippen molar-refractivity contribution in [2.24, 2.45) is 0 Å². The molecule has 0 N–H and O–H groups in total. The van der Waals surface area contributed by atoms with E-state index in [4.69, 9.17) is 21.0 Å². The summed E-state index contributed by atoms with van der Waals surface area (Å²) in [7, 11) is -1.99. The molecule has 0 radical (unpaired) electrons. The molecule has 2 aromatic carbocycles. The number of rotatable bonds is 7. The number of nitrogens with zero attached hydrogens (tertiary/aromatic N) is 3. The fourth-order valence-corrected chi connectivity index (χ4v) is 6.31. The summed E-state index contributed by atoms with van der Waals surface area (Å²) in [6.45, 7) is 2.08. The van der Waals surface area contributed by atoms with Crippen molar-refractivity contribution < 1.29 is 17.6 Å². The summed E-state index contributed by atoms with van der Waals surface area (Å²) in [5.74, 6) is 0.298. The molecule has 10 heteroatoms. The van der Waals surface area contributed by atoms with Crippen LogP contribution in [0.1, 0.15) is 34.5 Å². The average Bonchev–Trinajstić information content (AvgIpc) is 3.37. The van der Waals surface area contributed by atoms with Gasteiger partial charge in [0, 0.05) is 23.7 Å². The Morgan fingerprint density at radius 2 is 1.91 bits per heavy atom. The third-order valence-corrected chi connectivity index (χ3v) is 9.32. The Morgan fingerprint density at radius 3 is 2.56 bits per heavy atom. The second-order valence-corrected chi connectivity index (χ2v) is 11.7. The van der Waals surface area contributed by atoms with Gasteiger partial charge in [0.25, 0.3) is 5.91 Å². The van der Waals surface area contributed by atoms with Crippen LogP contribution in [-0.2, 0) is 16.6 Å². The van der Waals surface area contributed by atoms with Crippen LogP contribution in [-0.4, -0.2) is 36.7 Å². The van der Waals surface area contributed by atoms with E-state index in [2.05, 4.69) is 0 Å². The Kier molecular flexibility index (Phi) is 5.97. The quantitative estimate of drug-likeness (QED) is 0.325. The number of hydrogen-bond acceptors (Lipinski definition) is 6. The van der Waals surface area contributed by atoms with Gasteiger partial charge in [0.2, 0.25) is 10.0 Å². The first-order valence-electron chi connectivity index (χ1n) is 10.7. The highest BCUT2D eigenvalue weighted by atomic mass is 35.5. The smallest absolute Gasteiger partial charge is 0.260 e. The van der Waals surface area contributed by atoms with E-state index < -0.39 is 10.0 Å². The summed E-state index contributed by atoms with van der Waals surface area (Å²) in [4.78, 5) is 20.0. The molecule has 0 spiro atoms. The van der Waals surface area contributed by atoms with Gasteiger partial charge in [-0.2, -0.15) is 4.31 Å². The average molecular weight is 516 g/mol. The van der Waals surface area contributed by atoms with Crippen molar-refractivity contribution in [1.29, 1.82) is 0 Å². The molecule has 0 atom stereocenters. The van der Waals surface area contributed by atoms with E-state index in [1.807, 2.05) is 19.1 Å². The Morgan fingerprint density at radius 1 is 1.18 bits per heavy atom. The van der Waals surface area contributed by atoms with Crippen molar-refractivity contribution >= 4 is 54.2 Å². The lowest BCUT2D eigenvalue weighted by atomic mass is 10.2. The van der Waals surface area contributed by atoms with Crippen LogP contribution in [0.3, 0.4) is 0 Å². The zero-order chi connectivity index (χ0) is 24.0. The van der Waals surface area contributed by atoms with Crippen LogP contribution in [0.5, 0.6) is 0 Å². The van der Waals surface area contributed by atoms with E-state index in [9.17, 15) is 13.2 Å². The van der Waals surface area contributed by atoms with Gasteiger partial charge in [0.15, 0.2) is 5.13 Å². The molecular weight excluding hydrogens is 494 g/mol. The second-order valence-electron chi connectivity index (χ2n) is 8.26. The van der Waals surface area contributed by atoms with Crippen LogP contribution in [0.2, 0.25) is 5.02 Å². The molecule has 1 saturated carbocycles. The number of carbonyl (C=O) groups is 1. The third-order valence-electron chi connectivity index (χ3n) is 5.95. The van der Waals surface area contributed by atoms with Gasteiger partial charge in [0.05, 0.1) is 27.9 Å².